The zero-order chi connectivity index (χ0) is 10.6. The summed E-state index contributed by atoms with van der Waals surface area (Å²) >= 11 is 0. The minimum Gasteiger partial charge on any atom is -0.389 e. The molecule has 14 heavy (non-hydrogen) atoms. The molecule has 0 spiro atoms. The van der Waals surface area contributed by atoms with Crippen LogP contribution in [0.25, 0.3) is 0 Å². The summed E-state index contributed by atoms with van der Waals surface area (Å²) in [6.45, 7) is 3.88. The summed E-state index contributed by atoms with van der Waals surface area (Å²) in [6.07, 6.45) is 1.85. The van der Waals surface area contributed by atoms with E-state index >= 15 is 0 Å². The van der Waals surface area contributed by atoms with Gasteiger partial charge < -0.3 is 5.11 Å². The summed E-state index contributed by atoms with van der Waals surface area (Å²) in [6, 6.07) is 6.20. The normalized spacial score (nSPS) is 12.3. The van der Waals surface area contributed by atoms with Crippen molar-refractivity contribution in [2.24, 2.45) is 0 Å². The number of allylic oxidation sites excluding steroid dienone is 1. The van der Waals surface area contributed by atoms with E-state index in [4.69, 9.17) is 0 Å². The standard InChI is InChI=1S/C12H15FO/c1-9(2)7-12(14)8-10-3-5-11(13)6-4-10/h3-7,12,14H,8H2,1-2H3. The molecule has 0 aromatic heterocycles. The average Bonchev–Trinajstić information content (AvgIpc) is 2.07. The highest BCUT2D eigenvalue weighted by molar-refractivity contribution is 5.18. The highest BCUT2D eigenvalue weighted by atomic mass is 19.1. The Morgan fingerprint density at radius 3 is 2.43 bits per heavy atom. The molecule has 1 nitrogen and oxygen atoms in total. The molecular weight excluding hydrogens is 179 g/mol. The molecule has 1 atom stereocenters. The van der Waals surface area contributed by atoms with Gasteiger partial charge in [0.2, 0.25) is 0 Å². The van der Waals surface area contributed by atoms with Crippen LogP contribution in [0.15, 0.2) is 35.9 Å². The van der Waals surface area contributed by atoms with E-state index in [1.807, 2.05) is 13.8 Å². The second kappa shape index (κ2) is 4.91. The Kier molecular flexibility index (Phi) is 3.84. The number of rotatable bonds is 3. The predicted molar refractivity (Wildman–Crippen MR) is 55.5 cm³/mol. The van der Waals surface area contributed by atoms with Gasteiger partial charge in [-0.1, -0.05) is 23.8 Å². The largest absolute Gasteiger partial charge is 0.389 e. The molecule has 0 heterocycles. The van der Waals surface area contributed by atoms with Crippen LogP contribution in [-0.2, 0) is 6.42 Å². The van der Waals surface area contributed by atoms with Crippen molar-refractivity contribution in [1.29, 1.82) is 0 Å². The fourth-order valence-corrected chi connectivity index (χ4v) is 1.31. The van der Waals surface area contributed by atoms with Crippen molar-refractivity contribution in [2.75, 3.05) is 0 Å². The second-order valence-electron chi connectivity index (χ2n) is 3.64. The van der Waals surface area contributed by atoms with E-state index in [-0.39, 0.29) is 5.82 Å². The number of hydrogen-bond acceptors (Lipinski definition) is 1. The van der Waals surface area contributed by atoms with Gasteiger partial charge in [0, 0.05) is 6.42 Å². The lowest BCUT2D eigenvalue weighted by Crippen LogP contribution is -2.07. The maximum atomic E-state index is 12.6. The molecule has 0 amide bonds. The first-order valence-corrected chi connectivity index (χ1v) is 4.65. The van der Waals surface area contributed by atoms with Gasteiger partial charge in [0.15, 0.2) is 0 Å². The van der Waals surface area contributed by atoms with Gasteiger partial charge in [0.1, 0.15) is 5.82 Å². The van der Waals surface area contributed by atoms with Gasteiger partial charge in [0.05, 0.1) is 6.10 Å². The molecule has 76 valence electrons. The van der Waals surface area contributed by atoms with Crippen molar-refractivity contribution in [3.63, 3.8) is 0 Å². The van der Waals surface area contributed by atoms with E-state index in [2.05, 4.69) is 0 Å². The maximum absolute atomic E-state index is 12.6. The van der Waals surface area contributed by atoms with Crippen LogP contribution in [0.1, 0.15) is 19.4 Å². The Morgan fingerprint density at radius 2 is 1.93 bits per heavy atom. The van der Waals surface area contributed by atoms with Crippen molar-refractivity contribution in [3.8, 4) is 0 Å². The zero-order valence-electron chi connectivity index (χ0n) is 8.50. The van der Waals surface area contributed by atoms with E-state index < -0.39 is 6.10 Å². The summed E-state index contributed by atoms with van der Waals surface area (Å²) in [4.78, 5) is 0. The van der Waals surface area contributed by atoms with Crippen LogP contribution in [0, 0.1) is 5.82 Å². The Labute approximate surface area is 83.9 Å². The quantitative estimate of drug-likeness (QED) is 0.733. The summed E-state index contributed by atoms with van der Waals surface area (Å²) < 4.78 is 12.6. The van der Waals surface area contributed by atoms with E-state index in [0.29, 0.717) is 6.42 Å². The zero-order valence-corrected chi connectivity index (χ0v) is 8.50. The molecule has 0 saturated heterocycles. The summed E-state index contributed by atoms with van der Waals surface area (Å²) in [5, 5.41) is 9.57. The molecule has 1 aromatic carbocycles. The van der Waals surface area contributed by atoms with E-state index in [0.717, 1.165) is 11.1 Å². The second-order valence-corrected chi connectivity index (χ2v) is 3.64. The van der Waals surface area contributed by atoms with Crippen LogP contribution in [0.3, 0.4) is 0 Å². The molecule has 0 fully saturated rings. The molecule has 1 N–H and O–H groups in total. The van der Waals surface area contributed by atoms with E-state index in [9.17, 15) is 9.50 Å². The summed E-state index contributed by atoms with van der Waals surface area (Å²) in [7, 11) is 0. The van der Waals surface area contributed by atoms with Crippen molar-refractivity contribution < 1.29 is 9.50 Å². The molecule has 0 radical (unpaired) electrons. The molecule has 1 unspecified atom stereocenters. The van der Waals surface area contributed by atoms with Crippen molar-refractivity contribution in [2.45, 2.75) is 26.4 Å². The topological polar surface area (TPSA) is 20.2 Å². The highest BCUT2D eigenvalue weighted by Crippen LogP contribution is 2.07. The lowest BCUT2D eigenvalue weighted by molar-refractivity contribution is 0.223. The smallest absolute Gasteiger partial charge is 0.123 e. The number of aliphatic hydroxyl groups is 1. The third kappa shape index (κ3) is 3.71. The first-order valence-electron chi connectivity index (χ1n) is 4.65. The minimum atomic E-state index is -0.481. The summed E-state index contributed by atoms with van der Waals surface area (Å²) in [5.41, 5.74) is 2.02. The van der Waals surface area contributed by atoms with Crippen molar-refractivity contribution in [3.05, 3.63) is 47.3 Å². The van der Waals surface area contributed by atoms with Gasteiger partial charge in [-0.2, -0.15) is 0 Å². The average molecular weight is 194 g/mol. The first-order chi connectivity index (χ1) is 6.58. The molecule has 0 aliphatic carbocycles. The number of halogens is 1. The molecule has 0 aliphatic heterocycles. The number of aliphatic hydroxyl groups excluding tert-OH is 1. The predicted octanol–water partition coefficient (Wildman–Crippen LogP) is 2.70. The van der Waals surface area contributed by atoms with Crippen LogP contribution < -0.4 is 0 Å². The lowest BCUT2D eigenvalue weighted by atomic mass is 10.1. The van der Waals surface area contributed by atoms with E-state index in [1.54, 1.807) is 18.2 Å². The number of hydrogen-bond donors (Lipinski definition) is 1. The Balaban J connectivity index is 2.61. The molecule has 0 aliphatic rings. The van der Waals surface area contributed by atoms with Crippen molar-refractivity contribution >= 4 is 0 Å². The summed E-state index contributed by atoms with van der Waals surface area (Å²) in [5.74, 6) is -0.245. The first kappa shape index (κ1) is 10.9. The molecule has 1 rings (SSSR count). The fourth-order valence-electron chi connectivity index (χ4n) is 1.31. The van der Waals surface area contributed by atoms with Crippen LogP contribution >= 0.6 is 0 Å². The van der Waals surface area contributed by atoms with Crippen LogP contribution in [-0.4, -0.2) is 11.2 Å². The fraction of sp³-hybridized carbons (Fsp3) is 0.333. The number of benzene rings is 1. The lowest BCUT2D eigenvalue weighted by Gasteiger charge is -2.06. The highest BCUT2D eigenvalue weighted by Gasteiger charge is 2.01. The molecule has 1 aromatic rings. The third-order valence-electron chi connectivity index (χ3n) is 1.88. The third-order valence-corrected chi connectivity index (χ3v) is 1.88. The van der Waals surface area contributed by atoms with Gasteiger partial charge in [-0.15, -0.1) is 0 Å². The van der Waals surface area contributed by atoms with Crippen molar-refractivity contribution in [1.82, 2.24) is 0 Å². The minimum absolute atomic E-state index is 0.245. The van der Waals surface area contributed by atoms with Crippen LogP contribution in [0.5, 0.6) is 0 Å². The van der Waals surface area contributed by atoms with Gasteiger partial charge in [-0.05, 0) is 31.5 Å². The van der Waals surface area contributed by atoms with Gasteiger partial charge >= 0.3 is 0 Å². The molecule has 2 heteroatoms. The molecule has 0 saturated carbocycles. The van der Waals surface area contributed by atoms with Gasteiger partial charge in [0.25, 0.3) is 0 Å². The van der Waals surface area contributed by atoms with Crippen LogP contribution in [0.2, 0.25) is 0 Å². The van der Waals surface area contributed by atoms with Gasteiger partial charge in [-0.25, -0.2) is 4.39 Å². The van der Waals surface area contributed by atoms with Gasteiger partial charge in [-0.3, -0.25) is 0 Å². The maximum Gasteiger partial charge on any atom is 0.123 e. The SMILES string of the molecule is CC(C)=CC(O)Cc1ccc(F)cc1. The molecular formula is C12H15FO. The Bertz CT molecular complexity index is 310. The molecule has 0 bridgehead atoms. The van der Waals surface area contributed by atoms with E-state index in [1.165, 1.54) is 12.1 Å². The Hall–Kier alpha value is -1.15. The monoisotopic (exact) mass is 194 g/mol. The Morgan fingerprint density at radius 1 is 1.36 bits per heavy atom. The van der Waals surface area contributed by atoms with Crippen LogP contribution in [0.4, 0.5) is 4.39 Å².